The first-order chi connectivity index (χ1) is 8.35. The van der Waals surface area contributed by atoms with Gasteiger partial charge in [-0.2, -0.15) is 0 Å². The number of hydrogen-bond donors (Lipinski definition) is 0. The highest BCUT2D eigenvalue weighted by molar-refractivity contribution is 4.85. The molecule has 1 aliphatic heterocycles. The van der Waals surface area contributed by atoms with E-state index in [4.69, 9.17) is 9.47 Å². The van der Waals surface area contributed by atoms with E-state index in [-0.39, 0.29) is 0 Å². The van der Waals surface area contributed by atoms with Gasteiger partial charge in [0.05, 0.1) is 13.2 Å². The first kappa shape index (κ1) is 13.3. The van der Waals surface area contributed by atoms with E-state index in [9.17, 15) is 0 Å². The molecule has 1 aliphatic carbocycles. The molecular weight excluding hydrogens is 214 g/mol. The summed E-state index contributed by atoms with van der Waals surface area (Å²) in [6.45, 7) is 6.28. The van der Waals surface area contributed by atoms with Crippen LogP contribution in [0.5, 0.6) is 0 Å². The van der Waals surface area contributed by atoms with Gasteiger partial charge in [-0.05, 0) is 37.6 Å². The fourth-order valence-electron chi connectivity index (χ4n) is 3.29. The Hall–Kier alpha value is -0.120. The van der Waals surface area contributed by atoms with Crippen molar-refractivity contribution in [2.75, 3.05) is 46.6 Å². The molecule has 17 heavy (non-hydrogen) atoms. The van der Waals surface area contributed by atoms with Crippen LogP contribution in [0.25, 0.3) is 0 Å². The van der Waals surface area contributed by atoms with Crippen LogP contribution in [-0.4, -0.2) is 51.5 Å². The molecule has 2 fully saturated rings. The second kappa shape index (κ2) is 6.72. The van der Waals surface area contributed by atoms with Crippen molar-refractivity contribution in [3.8, 4) is 0 Å². The van der Waals surface area contributed by atoms with E-state index in [0.29, 0.717) is 5.41 Å². The second-order valence-corrected chi connectivity index (χ2v) is 5.65. The van der Waals surface area contributed by atoms with E-state index >= 15 is 0 Å². The Balaban J connectivity index is 1.76. The van der Waals surface area contributed by atoms with Crippen LogP contribution in [0.15, 0.2) is 0 Å². The van der Waals surface area contributed by atoms with Crippen LogP contribution in [0.4, 0.5) is 0 Å². The van der Waals surface area contributed by atoms with Gasteiger partial charge in [0.15, 0.2) is 0 Å². The minimum absolute atomic E-state index is 0.592. The van der Waals surface area contributed by atoms with E-state index in [1.165, 1.54) is 45.1 Å². The van der Waals surface area contributed by atoms with Gasteiger partial charge in [-0.3, -0.25) is 4.90 Å². The van der Waals surface area contributed by atoms with Gasteiger partial charge in [0, 0.05) is 26.8 Å². The Morgan fingerprint density at radius 2 is 1.82 bits per heavy atom. The Morgan fingerprint density at radius 3 is 2.47 bits per heavy atom. The third-order valence-corrected chi connectivity index (χ3v) is 4.56. The van der Waals surface area contributed by atoms with Crippen molar-refractivity contribution in [1.82, 2.24) is 4.90 Å². The zero-order valence-corrected chi connectivity index (χ0v) is 11.2. The van der Waals surface area contributed by atoms with E-state index in [0.717, 1.165) is 32.9 Å². The van der Waals surface area contributed by atoms with E-state index in [2.05, 4.69) is 4.90 Å². The Labute approximate surface area is 105 Å². The summed E-state index contributed by atoms with van der Waals surface area (Å²) in [6, 6.07) is 0. The predicted molar refractivity (Wildman–Crippen MR) is 69.3 cm³/mol. The summed E-state index contributed by atoms with van der Waals surface area (Å²) in [6.07, 6.45) is 8.30. The molecule has 1 saturated heterocycles. The second-order valence-electron chi connectivity index (χ2n) is 5.65. The van der Waals surface area contributed by atoms with Crippen molar-refractivity contribution < 1.29 is 9.47 Å². The van der Waals surface area contributed by atoms with Crippen molar-refractivity contribution in [3.05, 3.63) is 0 Å². The summed E-state index contributed by atoms with van der Waals surface area (Å²) in [5, 5.41) is 0. The van der Waals surface area contributed by atoms with Crippen LogP contribution < -0.4 is 0 Å². The van der Waals surface area contributed by atoms with Crippen LogP contribution >= 0.6 is 0 Å². The number of rotatable bonds is 6. The largest absolute Gasteiger partial charge is 0.385 e. The highest BCUT2D eigenvalue weighted by Gasteiger charge is 2.33. The van der Waals surface area contributed by atoms with Gasteiger partial charge in [-0.15, -0.1) is 0 Å². The van der Waals surface area contributed by atoms with Gasteiger partial charge < -0.3 is 9.47 Å². The number of ether oxygens (including phenoxy) is 2. The topological polar surface area (TPSA) is 21.7 Å². The van der Waals surface area contributed by atoms with Gasteiger partial charge in [0.2, 0.25) is 0 Å². The molecule has 0 atom stereocenters. The Kier molecular flexibility index (Phi) is 5.26. The summed E-state index contributed by atoms with van der Waals surface area (Å²) < 4.78 is 10.7. The third-order valence-electron chi connectivity index (χ3n) is 4.56. The number of methoxy groups -OCH3 is 1. The maximum Gasteiger partial charge on any atom is 0.0594 e. The van der Waals surface area contributed by atoms with Gasteiger partial charge in [0.25, 0.3) is 0 Å². The van der Waals surface area contributed by atoms with Crippen molar-refractivity contribution >= 4 is 0 Å². The summed E-state index contributed by atoms with van der Waals surface area (Å²) in [4.78, 5) is 2.57. The van der Waals surface area contributed by atoms with Crippen LogP contribution in [0.2, 0.25) is 0 Å². The first-order valence-corrected chi connectivity index (χ1v) is 7.14. The average molecular weight is 241 g/mol. The minimum Gasteiger partial charge on any atom is -0.385 e. The normalized spacial score (nSPS) is 25.2. The third kappa shape index (κ3) is 3.94. The molecule has 0 aromatic heterocycles. The predicted octanol–water partition coefficient (Wildman–Crippen LogP) is 2.31. The van der Waals surface area contributed by atoms with Crippen molar-refractivity contribution in [1.29, 1.82) is 0 Å². The lowest BCUT2D eigenvalue weighted by Crippen LogP contribution is -2.38. The molecule has 3 heteroatoms. The molecule has 1 saturated carbocycles. The molecule has 0 unspecified atom stereocenters. The fourth-order valence-corrected chi connectivity index (χ4v) is 3.29. The smallest absolute Gasteiger partial charge is 0.0594 e. The van der Waals surface area contributed by atoms with Gasteiger partial charge in [0.1, 0.15) is 0 Å². The highest BCUT2D eigenvalue weighted by atomic mass is 16.5. The van der Waals surface area contributed by atoms with Gasteiger partial charge in [-0.1, -0.05) is 12.8 Å². The summed E-state index contributed by atoms with van der Waals surface area (Å²) in [5.41, 5.74) is 0.592. The van der Waals surface area contributed by atoms with Crippen LogP contribution in [0.1, 0.15) is 38.5 Å². The lowest BCUT2D eigenvalue weighted by Gasteiger charge is -2.33. The quantitative estimate of drug-likeness (QED) is 0.712. The zero-order valence-electron chi connectivity index (χ0n) is 11.2. The monoisotopic (exact) mass is 241 g/mol. The molecule has 2 rings (SSSR count). The minimum atomic E-state index is 0.592. The van der Waals surface area contributed by atoms with Crippen LogP contribution in [0.3, 0.4) is 0 Å². The highest BCUT2D eigenvalue weighted by Crippen LogP contribution is 2.44. The van der Waals surface area contributed by atoms with Crippen molar-refractivity contribution in [3.63, 3.8) is 0 Å². The number of nitrogens with zero attached hydrogens (tertiary/aromatic N) is 1. The van der Waals surface area contributed by atoms with Crippen LogP contribution in [0, 0.1) is 5.41 Å². The SMILES string of the molecule is COCCC1(CCN2CCOCC2)CCCC1. The maximum absolute atomic E-state index is 5.40. The lowest BCUT2D eigenvalue weighted by atomic mass is 9.79. The van der Waals surface area contributed by atoms with Crippen molar-refractivity contribution in [2.45, 2.75) is 38.5 Å². The zero-order chi connectivity index (χ0) is 12.0. The lowest BCUT2D eigenvalue weighted by molar-refractivity contribution is 0.0284. The summed E-state index contributed by atoms with van der Waals surface area (Å²) >= 11 is 0. The van der Waals surface area contributed by atoms with Crippen LogP contribution in [-0.2, 0) is 9.47 Å². The molecule has 3 nitrogen and oxygen atoms in total. The summed E-state index contributed by atoms with van der Waals surface area (Å²) in [7, 11) is 1.82. The molecule has 2 aliphatic rings. The molecule has 0 aromatic rings. The number of hydrogen-bond acceptors (Lipinski definition) is 3. The van der Waals surface area contributed by atoms with E-state index in [1.54, 1.807) is 0 Å². The molecule has 1 heterocycles. The molecule has 100 valence electrons. The Bertz CT molecular complexity index is 208. The molecule has 0 radical (unpaired) electrons. The molecule has 0 amide bonds. The van der Waals surface area contributed by atoms with E-state index in [1.807, 2.05) is 7.11 Å². The van der Waals surface area contributed by atoms with Crippen molar-refractivity contribution in [2.24, 2.45) is 5.41 Å². The average Bonchev–Trinajstić information content (AvgIpc) is 2.85. The van der Waals surface area contributed by atoms with E-state index < -0.39 is 0 Å². The first-order valence-electron chi connectivity index (χ1n) is 7.14. The Morgan fingerprint density at radius 1 is 1.12 bits per heavy atom. The summed E-state index contributed by atoms with van der Waals surface area (Å²) in [5.74, 6) is 0. The standard InChI is InChI=1S/C14H27NO2/c1-16-11-7-14(4-2-3-5-14)6-8-15-9-12-17-13-10-15/h2-13H2,1H3. The molecule has 0 spiro atoms. The molecular formula is C14H27NO2. The number of morpholine rings is 1. The molecule has 0 bridgehead atoms. The van der Waals surface area contributed by atoms with Gasteiger partial charge in [-0.25, -0.2) is 0 Å². The molecule has 0 N–H and O–H groups in total. The molecule has 0 aromatic carbocycles. The fraction of sp³-hybridized carbons (Fsp3) is 1.00. The maximum atomic E-state index is 5.40. The van der Waals surface area contributed by atoms with Gasteiger partial charge >= 0.3 is 0 Å².